The van der Waals surface area contributed by atoms with Gasteiger partial charge in [-0.25, -0.2) is 0 Å². The van der Waals surface area contributed by atoms with Crippen molar-refractivity contribution in [1.82, 2.24) is 10.2 Å². The SMILES string of the molecule is CCCCC/C=C/CCCC(=O)NCCN(CC(=O)O)C(O)CO. The van der Waals surface area contributed by atoms with Gasteiger partial charge in [0.15, 0.2) is 0 Å². The van der Waals surface area contributed by atoms with Crippen LogP contribution in [0.5, 0.6) is 0 Å². The standard InChI is InChI=1S/C17H32N2O5/c1-2-3-4-5-6-7-8-9-10-15(21)18-11-12-19(13-17(23)24)16(22)14-20/h6-7,16,20,22H,2-5,8-14H2,1H3,(H,18,21)(H,23,24)/b7-6+. The van der Waals surface area contributed by atoms with Crippen LogP contribution in [-0.2, 0) is 9.59 Å². The number of carbonyl (C=O) groups excluding carboxylic acids is 1. The molecule has 1 unspecified atom stereocenters. The molecule has 0 saturated carbocycles. The van der Waals surface area contributed by atoms with Crippen molar-refractivity contribution < 1.29 is 24.9 Å². The number of nitrogens with zero attached hydrogens (tertiary/aromatic N) is 1. The molecule has 1 amide bonds. The van der Waals surface area contributed by atoms with E-state index in [9.17, 15) is 14.7 Å². The molecule has 0 aromatic rings. The van der Waals surface area contributed by atoms with Crippen molar-refractivity contribution in [3.05, 3.63) is 12.2 Å². The normalized spacial score (nSPS) is 12.7. The zero-order chi connectivity index (χ0) is 18.2. The molecular formula is C17H32N2O5. The van der Waals surface area contributed by atoms with Crippen LogP contribution in [-0.4, -0.2) is 64.6 Å². The number of aliphatic hydroxyl groups is 2. The molecule has 0 saturated heterocycles. The number of hydrogen-bond acceptors (Lipinski definition) is 5. The Morgan fingerprint density at radius 2 is 1.83 bits per heavy atom. The van der Waals surface area contributed by atoms with Gasteiger partial charge in [-0.05, 0) is 25.7 Å². The maximum atomic E-state index is 11.7. The van der Waals surface area contributed by atoms with E-state index in [0.717, 1.165) is 19.3 Å². The largest absolute Gasteiger partial charge is 0.480 e. The van der Waals surface area contributed by atoms with E-state index in [1.807, 2.05) is 0 Å². The van der Waals surface area contributed by atoms with Gasteiger partial charge in [0.25, 0.3) is 0 Å². The summed E-state index contributed by atoms with van der Waals surface area (Å²) in [6.45, 7) is 1.63. The van der Waals surface area contributed by atoms with E-state index in [2.05, 4.69) is 24.4 Å². The number of carbonyl (C=O) groups is 2. The van der Waals surface area contributed by atoms with Crippen molar-refractivity contribution in [2.75, 3.05) is 26.2 Å². The Balaban J connectivity index is 3.78. The van der Waals surface area contributed by atoms with Gasteiger partial charge in [0, 0.05) is 19.5 Å². The van der Waals surface area contributed by atoms with Crippen LogP contribution in [0.15, 0.2) is 12.2 Å². The summed E-state index contributed by atoms with van der Waals surface area (Å²) in [5.41, 5.74) is 0. The Labute approximate surface area is 144 Å². The first-order valence-electron chi connectivity index (χ1n) is 8.67. The number of carboxylic acids is 1. The topological polar surface area (TPSA) is 110 Å². The van der Waals surface area contributed by atoms with Gasteiger partial charge < -0.3 is 20.6 Å². The lowest BCUT2D eigenvalue weighted by molar-refractivity contribution is -0.142. The first-order valence-corrected chi connectivity index (χ1v) is 8.67. The summed E-state index contributed by atoms with van der Waals surface area (Å²) in [4.78, 5) is 23.6. The number of carboxylic acid groups (broad SMARTS) is 1. The van der Waals surface area contributed by atoms with Gasteiger partial charge in [0.05, 0.1) is 13.2 Å². The van der Waals surface area contributed by atoms with Crippen LogP contribution in [0.25, 0.3) is 0 Å². The summed E-state index contributed by atoms with van der Waals surface area (Å²) in [6, 6.07) is 0. The molecule has 0 rings (SSSR count). The Kier molecular flexibility index (Phi) is 14.2. The fraction of sp³-hybridized carbons (Fsp3) is 0.765. The van der Waals surface area contributed by atoms with Crippen molar-refractivity contribution in [2.24, 2.45) is 0 Å². The van der Waals surface area contributed by atoms with E-state index >= 15 is 0 Å². The van der Waals surface area contributed by atoms with Crippen LogP contribution >= 0.6 is 0 Å². The molecule has 1 atom stereocenters. The molecule has 0 spiro atoms. The van der Waals surface area contributed by atoms with Crippen LogP contribution in [0.2, 0.25) is 0 Å². The molecule has 0 aliphatic rings. The molecule has 24 heavy (non-hydrogen) atoms. The number of amides is 1. The van der Waals surface area contributed by atoms with E-state index in [1.54, 1.807) is 0 Å². The minimum atomic E-state index is -1.24. The smallest absolute Gasteiger partial charge is 0.317 e. The molecular weight excluding hydrogens is 312 g/mol. The fourth-order valence-electron chi connectivity index (χ4n) is 2.18. The van der Waals surface area contributed by atoms with E-state index < -0.39 is 18.8 Å². The van der Waals surface area contributed by atoms with Crippen molar-refractivity contribution in [3.8, 4) is 0 Å². The molecule has 0 aliphatic heterocycles. The third-order valence-electron chi connectivity index (χ3n) is 3.56. The van der Waals surface area contributed by atoms with E-state index in [0.29, 0.717) is 6.42 Å². The molecule has 0 radical (unpaired) electrons. The van der Waals surface area contributed by atoms with Crippen LogP contribution in [0.4, 0.5) is 0 Å². The van der Waals surface area contributed by atoms with Gasteiger partial charge in [-0.15, -0.1) is 0 Å². The molecule has 4 N–H and O–H groups in total. The van der Waals surface area contributed by atoms with Crippen molar-refractivity contribution in [3.63, 3.8) is 0 Å². The quantitative estimate of drug-likeness (QED) is 0.201. The summed E-state index contributed by atoms with van der Waals surface area (Å²) in [7, 11) is 0. The lowest BCUT2D eigenvalue weighted by atomic mass is 10.1. The summed E-state index contributed by atoms with van der Waals surface area (Å²) >= 11 is 0. The molecule has 0 bridgehead atoms. The predicted octanol–water partition coefficient (Wildman–Crippen LogP) is 1.11. The van der Waals surface area contributed by atoms with Gasteiger partial charge in [-0.2, -0.15) is 0 Å². The van der Waals surface area contributed by atoms with Crippen LogP contribution in [0, 0.1) is 0 Å². The minimum absolute atomic E-state index is 0.0943. The average Bonchev–Trinajstić information content (AvgIpc) is 2.55. The molecule has 0 aliphatic carbocycles. The van der Waals surface area contributed by atoms with Gasteiger partial charge in [-0.1, -0.05) is 31.9 Å². The third kappa shape index (κ3) is 13.0. The zero-order valence-corrected chi connectivity index (χ0v) is 14.6. The number of rotatable bonds is 15. The number of nitrogens with one attached hydrogen (secondary N) is 1. The highest BCUT2D eigenvalue weighted by molar-refractivity contribution is 5.75. The lowest BCUT2D eigenvalue weighted by Gasteiger charge is -2.24. The molecule has 7 nitrogen and oxygen atoms in total. The second kappa shape index (κ2) is 15.1. The Morgan fingerprint density at radius 1 is 1.17 bits per heavy atom. The van der Waals surface area contributed by atoms with E-state index in [-0.39, 0.29) is 25.5 Å². The number of hydrogen-bond donors (Lipinski definition) is 4. The monoisotopic (exact) mass is 344 g/mol. The number of aliphatic carboxylic acids is 1. The molecule has 0 fully saturated rings. The van der Waals surface area contributed by atoms with E-state index in [1.165, 1.54) is 24.2 Å². The van der Waals surface area contributed by atoms with E-state index in [4.69, 9.17) is 10.2 Å². The second-order valence-electron chi connectivity index (χ2n) is 5.74. The van der Waals surface area contributed by atoms with Crippen molar-refractivity contribution in [2.45, 2.75) is 58.1 Å². The number of aliphatic hydroxyl groups excluding tert-OH is 2. The first kappa shape index (κ1) is 22.6. The summed E-state index contributed by atoms with van der Waals surface area (Å²) in [6.07, 6.45) is 9.85. The highest BCUT2D eigenvalue weighted by Crippen LogP contribution is 2.02. The summed E-state index contributed by atoms with van der Waals surface area (Å²) < 4.78 is 0. The maximum Gasteiger partial charge on any atom is 0.317 e. The molecule has 0 aromatic carbocycles. The molecule has 0 aromatic heterocycles. The lowest BCUT2D eigenvalue weighted by Crippen LogP contribution is -2.45. The van der Waals surface area contributed by atoms with Gasteiger partial charge in [0.2, 0.25) is 5.91 Å². The molecule has 0 heterocycles. The van der Waals surface area contributed by atoms with Crippen LogP contribution in [0.3, 0.4) is 0 Å². The van der Waals surface area contributed by atoms with Crippen LogP contribution < -0.4 is 5.32 Å². The summed E-state index contributed by atoms with van der Waals surface area (Å²) in [5.74, 6) is -1.19. The predicted molar refractivity (Wildman–Crippen MR) is 92.4 cm³/mol. The van der Waals surface area contributed by atoms with Crippen LogP contribution in [0.1, 0.15) is 51.9 Å². The number of unbranched alkanes of at least 4 members (excludes halogenated alkanes) is 4. The second-order valence-corrected chi connectivity index (χ2v) is 5.74. The molecule has 140 valence electrons. The Bertz CT molecular complexity index is 374. The van der Waals surface area contributed by atoms with Crippen molar-refractivity contribution >= 4 is 11.9 Å². The average molecular weight is 344 g/mol. The third-order valence-corrected chi connectivity index (χ3v) is 3.56. The minimum Gasteiger partial charge on any atom is -0.480 e. The van der Waals surface area contributed by atoms with Gasteiger partial charge in [-0.3, -0.25) is 14.5 Å². The first-order chi connectivity index (χ1) is 11.5. The van der Waals surface area contributed by atoms with Crippen molar-refractivity contribution in [1.29, 1.82) is 0 Å². The highest BCUT2D eigenvalue weighted by atomic mass is 16.4. The summed E-state index contributed by atoms with van der Waals surface area (Å²) in [5, 5.41) is 29.8. The fourth-order valence-corrected chi connectivity index (χ4v) is 2.18. The zero-order valence-electron chi connectivity index (χ0n) is 14.6. The molecule has 7 heteroatoms. The van der Waals surface area contributed by atoms with Gasteiger partial charge in [0.1, 0.15) is 6.23 Å². The Hall–Kier alpha value is -1.44. The maximum absolute atomic E-state index is 11.7. The number of allylic oxidation sites excluding steroid dienone is 2. The van der Waals surface area contributed by atoms with Gasteiger partial charge >= 0.3 is 5.97 Å². The Morgan fingerprint density at radius 3 is 2.42 bits per heavy atom. The highest BCUT2D eigenvalue weighted by Gasteiger charge is 2.17.